The monoisotopic (exact) mass is 323 g/mol. The number of nitrogens with two attached hydrogens (primary N) is 1. The Morgan fingerprint density at radius 1 is 1.25 bits per heavy atom. The number of anilines is 2. The lowest BCUT2D eigenvalue weighted by Gasteiger charge is -2.34. The Balaban J connectivity index is 1.70. The number of hydrogen-bond acceptors (Lipinski definition) is 6. The predicted octanol–water partition coefficient (Wildman–Crippen LogP) is 1.56. The molecular formula is C17H21N7. The van der Waals surface area contributed by atoms with Crippen molar-refractivity contribution in [3.63, 3.8) is 0 Å². The lowest BCUT2D eigenvalue weighted by atomic mass is 10.0. The van der Waals surface area contributed by atoms with Crippen molar-refractivity contribution in [2.45, 2.75) is 18.9 Å². The molecule has 0 spiro atoms. The average Bonchev–Trinajstić information content (AvgIpc) is 3.01. The fraction of sp³-hybridized carbons (Fsp3) is 0.353. The van der Waals surface area contributed by atoms with Gasteiger partial charge in [0.05, 0.1) is 0 Å². The molecule has 3 aromatic rings. The molecule has 1 saturated heterocycles. The van der Waals surface area contributed by atoms with Gasteiger partial charge in [0.15, 0.2) is 5.65 Å². The lowest BCUT2D eigenvalue weighted by Crippen LogP contribution is -2.41. The van der Waals surface area contributed by atoms with E-state index in [2.05, 4.69) is 31.3 Å². The second kappa shape index (κ2) is 6.09. The van der Waals surface area contributed by atoms with Crippen LogP contribution in [0.1, 0.15) is 12.8 Å². The quantitative estimate of drug-likeness (QED) is 0.761. The number of nitrogen functional groups attached to an aromatic ring is 1. The van der Waals surface area contributed by atoms with Gasteiger partial charge < -0.3 is 16.0 Å². The van der Waals surface area contributed by atoms with E-state index < -0.39 is 0 Å². The van der Waals surface area contributed by atoms with E-state index in [1.54, 1.807) is 10.6 Å². The first-order chi connectivity index (χ1) is 11.7. The van der Waals surface area contributed by atoms with E-state index in [1.807, 2.05) is 31.8 Å². The van der Waals surface area contributed by atoms with Gasteiger partial charge in [-0.05, 0) is 26.0 Å². The Morgan fingerprint density at radius 3 is 2.88 bits per heavy atom. The van der Waals surface area contributed by atoms with Crippen LogP contribution in [-0.4, -0.2) is 45.8 Å². The fourth-order valence-corrected chi connectivity index (χ4v) is 3.33. The zero-order chi connectivity index (χ0) is 16.5. The van der Waals surface area contributed by atoms with Gasteiger partial charge in [0.1, 0.15) is 5.82 Å². The van der Waals surface area contributed by atoms with Crippen molar-refractivity contribution in [2.75, 3.05) is 30.8 Å². The fourth-order valence-electron chi connectivity index (χ4n) is 3.33. The summed E-state index contributed by atoms with van der Waals surface area (Å²) in [5, 5.41) is 7.62. The van der Waals surface area contributed by atoms with E-state index in [0.717, 1.165) is 42.7 Å². The molecule has 24 heavy (non-hydrogen) atoms. The van der Waals surface area contributed by atoms with Crippen LogP contribution in [0.3, 0.4) is 0 Å². The number of hydrogen-bond donors (Lipinski definition) is 2. The number of fused-ring (bicyclic) bond motifs is 1. The number of rotatable bonds is 3. The summed E-state index contributed by atoms with van der Waals surface area (Å²) in [7, 11) is 2.04. The topological polar surface area (TPSA) is 84.4 Å². The van der Waals surface area contributed by atoms with E-state index in [4.69, 9.17) is 5.73 Å². The molecule has 124 valence electrons. The van der Waals surface area contributed by atoms with Crippen molar-refractivity contribution < 1.29 is 0 Å². The number of nitrogens with one attached hydrogen (secondary N) is 1. The molecule has 4 rings (SSSR count). The summed E-state index contributed by atoms with van der Waals surface area (Å²) in [5.41, 5.74) is 9.76. The third-order valence-electron chi connectivity index (χ3n) is 4.69. The van der Waals surface area contributed by atoms with E-state index >= 15 is 0 Å². The van der Waals surface area contributed by atoms with Crippen LogP contribution >= 0.6 is 0 Å². The number of nitrogens with zero attached hydrogens (tertiary/aromatic N) is 5. The molecule has 0 aromatic carbocycles. The van der Waals surface area contributed by atoms with Crippen LogP contribution in [0.15, 0.2) is 36.9 Å². The minimum absolute atomic E-state index is 0.472. The molecule has 3 aromatic heterocycles. The molecule has 0 unspecified atom stereocenters. The smallest absolute Gasteiger partial charge is 0.157 e. The third kappa shape index (κ3) is 2.67. The summed E-state index contributed by atoms with van der Waals surface area (Å²) >= 11 is 0. The standard InChI is InChI=1S/C17H21N7/c1-19-13-3-6-23(7-4-13)15-2-5-20-10-14(15)12-9-21-17-8-16(18)22-24(17)11-12/h2,5,8-11,13,19H,3-4,6-7H2,1H3,(H2,18,22). The minimum Gasteiger partial charge on any atom is -0.382 e. The van der Waals surface area contributed by atoms with Gasteiger partial charge in [0.25, 0.3) is 0 Å². The molecule has 1 aliphatic heterocycles. The van der Waals surface area contributed by atoms with Crippen molar-refractivity contribution in [3.05, 3.63) is 36.9 Å². The zero-order valence-electron chi connectivity index (χ0n) is 13.7. The molecule has 7 heteroatoms. The second-order valence-corrected chi connectivity index (χ2v) is 6.16. The highest BCUT2D eigenvalue weighted by molar-refractivity contribution is 5.77. The maximum absolute atomic E-state index is 5.75. The van der Waals surface area contributed by atoms with Crippen LogP contribution in [0, 0.1) is 0 Å². The Kier molecular flexibility index (Phi) is 3.78. The zero-order valence-corrected chi connectivity index (χ0v) is 13.7. The highest BCUT2D eigenvalue weighted by atomic mass is 15.3. The Hall–Kier alpha value is -2.67. The summed E-state index contributed by atoms with van der Waals surface area (Å²) in [6.45, 7) is 2.07. The van der Waals surface area contributed by atoms with Gasteiger partial charge in [-0.25, -0.2) is 9.50 Å². The molecule has 1 aliphatic rings. The van der Waals surface area contributed by atoms with Crippen LogP contribution in [0.4, 0.5) is 11.5 Å². The van der Waals surface area contributed by atoms with Crippen molar-refractivity contribution in [3.8, 4) is 11.1 Å². The van der Waals surface area contributed by atoms with Crippen molar-refractivity contribution >= 4 is 17.2 Å². The Bertz CT molecular complexity index is 849. The first-order valence-electron chi connectivity index (χ1n) is 8.22. The molecule has 0 atom stereocenters. The molecule has 0 bridgehead atoms. The largest absolute Gasteiger partial charge is 0.382 e. The van der Waals surface area contributed by atoms with Crippen molar-refractivity contribution in [1.29, 1.82) is 0 Å². The molecule has 0 aliphatic carbocycles. The SMILES string of the molecule is CNC1CCN(c2ccncc2-c2cnc3cc(N)nn3c2)CC1. The van der Waals surface area contributed by atoms with Gasteiger partial charge in [-0.3, -0.25) is 4.98 Å². The summed E-state index contributed by atoms with van der Waals surface area (Å²) < 4.78 is 1.72. The second-order valence-electron chi connectivity index (χ2n) is 6.16. The van der Waals surface area contributed by atoms with Crippen LogP contribution in [0.25, 0.3) is 16.8 Å². The highest BCUT2D eigenvalue weighted by Crippen LogP contribution is 2.31. The van der Waals surface area contributed by atoms with E-state index in [1.165, 1.54) is 5.69 Å². The van der Waals surface area contributed by atoms with Crippen LogP contribution < -0.4 is 16.0 Å². The molecule has 4 heterocycles. The van der Waals surface area contributed by atoms with E-state index in [0.29, 0.717) is 11.9 Å². The van der Waals surface area contributed by atoms with E-state index in [-0.39, 0.29) is 0 Å². The van der Waals surface area contributed by atoms with Gasteiger partial charge in [-0.1, -0.05) is 0 Å². The summed E-state index contributed by atoms with van der Waals surface area (Å²) in [4.78, 5) is 11.2. The molecule has 1 fully saturated rings. The first-order valence-corrected chi connectivity index (χ1v) is 8.22. The molecule has 0 radical (unpaired) electrons. The molecular weight excluding hydrogens is 302 g/mol. The normalized spacial score (nSPS) is 16.0. The van der Waals surface area contributed by atoms with Crippen molar-refractivity contribution in [2.24, 2.45) is 0 Å². The summed E-state index contributed by atoms with van der Waals surface area (Å²) in [6, 6.07) is 4.45. The van der Waals surface area contributed by atoms with Gasteiger partial charge >= 0.3 is 0 Å². The van der Waals surface area contributed by atoms with Gasteiger partial charge in [0, 0.05) is 66.8 Å². The number of aromatic nitrogens is 4. The highest BCUT2D eigenvalue weighted by Gasteiger charge is 2.20. The molecule has 3 N–H and O–H groups in total. The Morgan fingerprint density at radius 2 is 2.08 bits per heavy atom. The summed E-state index contributed by atoms with van der Waals surface area (Å²) in [5.74, 6) is 0.472. The molecule has 7 nitrogen and oxygen atoms in total. The number of piperidine rings is 1. The molecule has 0 saturated carbocycles. The van der Waals surface area contributed by atoms with E-state index in [9.17, 15) is 0 Å². The average molecular weight is 323 g/mol. The summed E-state index contributed by atoms with van der Waals surface area (Å²) in [6.07, 6.45) is 9.85. The lowest BCUT2D eigenvalue weighted by molar-refractivity contribution is 0.442. The predicted molar refractivity (Wildman–Crippen MR) is 94.9 cm³/mol. The van der Waals surface area contributed by atoms with Crippen LogP contribution in [-0.2, 0) is 0 Å². The molecule has 0 amide bonds. The van der Waals surface area contributed by atoms with Crippen molar-refractivity contribution in [1.82, 2.24) is 24.9 Å². The van der Waals surface area contributed by atoms with Gasteiger partial charge in [0.2, 0.25) is 0 Å². The minimum atomic E-state index is 0.472. The number of pyridine rings is 1. The van der Waals surface area contributed by atoms with Crippen LogP contribution in [0.5, 0.6) is 0 Å². The van der Waals surface area contributed by atoms with Gasteiger partial charge in [-0.2, -0.15) is 0 Å². The van der Waals surface area contributed by atoms with Crippen LogP contribution in [0.2, 0.25) is 0 Å². The Labute approximate surface area is 140 Å². The first kappa shape index (κ1) is 14.9. The maximum Gasteiger partial charge on any atom is 0.157 e. The third-order valence-corrected chi connectivity index (χ3v) is 4.69. The maximum atomic E-state index is 5.75. The van der Waals surface area contributed by atoms with Gasteiger partial charge in [-0.15, -0.1) is 5.10 Å².